The first-order valence-corrected chi connectivity index (χ1v) is 8.07. The van der Waals surface area contributed by atoms with E-state index >= 15 is 0 Å². The maximum atomic E-state index is 12.5. The van der Waals surface area contributed by atoms with Crippen LogP contribution in [0.5, 0.6) is 11.8 Å². The number of benzene rings is 1. The fourth-order valence-electron chi connectivity index (χ4n) is 2.69. The third kappa shape index (κ3) is 3.39. The molecule has 12 heteroatoms. The number of rotatable bonds is 3. The highest BCUT2D eigenvalue weighted by atomic mass is 35.5. The van der Waals surface area contributed by atoms with Gasteiger partial charge in [-0.15, -0.1) is 0 Å². The van der Waals surface area contributed by atoms with Crippen LogP contribution in [0.25, 0.3) is 0 Å². The van der Waals surface area contributed by atoms with Crippen LogP contribution < -0.4 is 22.6 Å². The molecular formula is C15H12Cl2N6O4. The Morgan fingerprint density at radius 1 is 0.926 bits per heavy atom. The molecule has 0 spiro atoms. The Labute approximate surface area is 160 Å². The molecule has 2 aromatic heterocycles. The van der Waals surface area contributed by atoms with E-state index in [0.717, 1.165) is 0 Å². The summed E-state index contributed by atoms with van der Waals surface area (Å²) in [6, 6.07) is 4.26. The maximum Gasteiger partial charge on any atom is 0.260 e. The van der Waals surface area contributed by atoms with Crippen molar-refractivity contribution in [3.63, 3.8) is 0 Å². The first-order chi connectivity index (χ1) is 12.7. The van der Waals surface area contributed by atoms with Crippen LogP contribution in [-0.4, -0.2) is 30.1 Å². The molecule has 0 aliphatic heterocycles. The molecule has 140 valence electrons. The van der Waals surface area contributed by atoms with Gasteiger partial charge in [-0.1, -0.05) is 29.3 Å². The van der Waals surface area contributed by atoms with Gasteiger partial charge in [-0.05, 0) is 17.7 Å². The zero-order chi connectivity index (χ0) is 19.9. The van der Waals surface area contributed by atoms with Crippen LogP contribution in [0.2, 0.25) is 10.0 Å². The topological polar surface area (TPSA) is 184 Å². The summed E-state index contributed by atoms with van der Waals surface area (Å²) < 4.78 is 0. The second-order valence-corrected chi connectivity index (χ2v) is 6.32. The third-order valence-corrected chi connectivity index (χ3v) is 4.32. The molecule has 0 aliphatic rings. The number of anilines is 2. The Morgan fingerprint density at radius 3 is 1.81 bits per heavy atom. The molecule has 3 rings (SSSR count). The number of nitrogen functional groups attached to an aromatic ring is 2. The molecule has 10 nitrogen and oxygen atoms in total. The average Bonchev–Trinajstić information content (AvgIpc) is 2.52. The number of hydrogen-bond acceptors (Lipinski definition) is 8. The fourth-order valence-corrected chi connectivity index (χ4v) is 3.20. The quantitative estimate of drug-likeness (QED) is 0.367. The predicted octanol–water partition coefficient (Wildman–Crippen LogP) is 0.916. The molecule has 0 unspecified atom stereocenters. The lowest BCUT2D eigenvalue weighted by Crippen LogP contribution is -2.26. The van der Waals surface area contributed by atoms with Crippen LogP contribution in [-0.2, 0) is 0 Å². The van der Waals surface area contributed by atoms with Crippen molar-refractivity contribution in [3.8, 4) is 11.8 Å². The number of nitrogens with two attached hydrogens (primary N) is 2. The van der Waals surface area contributed by atoms with Gasteiger partial charge in [-0.3, -0.25) is 19.6 Å². The minimum atomic E-state index is -1.34. The van der Waals surface area contributed by atoms with E-state index in [1.165, 1.54) is 18.2 Å². The minimum Gasteiger partial charge on any atom is -0.493 e. The number of halogens is 2. The molecule has 0 bridgehead atoms. The Morgan fingerprint density at radius 2 is 1.41 bits per heavy atom. The summed E-state index contributed by atoms with van der Waals surface area (Å²) in [5.41, 5.74) is 8.59. The van der Waals surface area contributed by atoms with Crippen LogP contribution >= 0.6 is 23.2 Å². The molecule has 0 saturated heterocycles. The van der Waals surface area contributed by atoms with Crippen LogP contribution in [0.15, 0.2) is 27.8 Å². The van der Waals surface area contributed by atoms with Crippen molar-refractivity contribution in [2.45, 2.75) is 5.92 Å². The zero-order valence-corrected chi connectivity index (χ0v) is 14.8. The summed E-state index contributed by atoms with van der Waals surface area (Å²) in [4.78, 5) is 36.6. The SMILES string of the molecule is Nc1nc(O)c(C(c2ccc(Cl)cc2Cl)c2c(O)nc(N)[nH]c2=O)c(=O)[nH]1. The number of nitrogens with zero attached hydrogens (tertiary/aromatic N) is 2. The predicted molar refractivity (Wildman–Crippen MR) is 99.3 cm³/mol. The molecule has 27 heavy (non-hydrogen) atoms. The highest BCUT2D eigenvalue weighted by molar-refractivity contribution is 6.35. The van der Waals surface area contributed by atoms with Crippen LogP contribution in [0.1, 0.15) is 22.6 Å². The second-order valence-electron chi connectivity index (χ2n) is 5.48. The van der Waals surface area contributed by atoms with E-state index in [2.05, 4.69) is 19.9 Å². The van der Waals surface area contributed by atoms with E-state index in [-0.39, 0.29) is 33.6 Å². The molecule has 3 aromatic rings. The van der Waals surface area contributed by atoms with Crippen LogP contribution in [0.4, 0.5) is 11.9 Å². The van der Waals surface area contributed by atoms with Crippen molar-refractivity contribution in [3.05, 3.63) is 65.6 Å². The van der Waals surface area contributed by atoms with Gasteiger partial charge in [0, 0.05) is 10.0 Å². The zero-order valence-electron chi connectivity index (χ0n) is 13.3. The molecular weight excluding hydrogens is 399 g/mol. The number of nitrogens with one attached hydrogen (secondary N) is 2. The summed E-state index contributed by atoms with van der Waals surface area (Å²) >= 11 is 12.1. The van der Waals surface area contributed by atoms with Crippen molar-refractivity contribution < 1.29 is 10.2 Å². The number of aromatic amines is 2. The first kappa shape index (κ1) is 18.5. The Kier molecular flexibility index (Phi) is 4.68. The van der Waals surface area contributed by atoms with E-state index in [0.29, 0.717) is 5.02 Å². The fraction of sp³-hybridized carbons (Fsp3) is 0.0667. The molecule has 0 saturated carbocycles. The Hall–Kier alpha value is -3.24. The summed E-state index contributed by atoms with van der Waals surface area (Å²) in [6.07, 6.45) is 0. The number of hydrogen-bond donors (Lipinski definition) is 6. The lowest BCUT2D eigenvalue weighted by atomic mass is 9.87. The number of aromatic nitrogens is 4. The largest absolute Gasteiger partial charge is 0.493 e. The van der Waals surface area contributed by atoms with Crippen LogP contribution in [0.3, 0.4) is 0 Å². The van der Waals surface area contributed by atoms with E-state index in [9.17, 15) is 19.8 Å². The van der Waals surface area contributed by atoms with Crippen molar-refractivity contribution in [2.24, 2.45) is 0 Å². The van der Waals surface area contributed by atoms with Gasteiger partial charge in [-0.25, -0.2) is 0 Å². The monoisotopic (exact) mass is 410 g/mol. The molecule has 2 heterocycles. The second kappa shape index (κ2) is 6.82. The summed E-state index contributed by atoms with van der Waals surface area (Å²) in [7, 11) is 0. The normalized spacial score (nSPS) is 11.1. The van der Waals surface area contributed by atoms with Gasteiger partial charge in [0.1, 0.15) is 0 Å². The Balaban J connectivity index is 2.43. The average molecular weight is 411 g/mol. The van der Waals surface area contributed by atoms with Crippen molar-refractivity contribution in [1.29, 1.82) is 0 Å². The summed E-state index contributed by atoms with van der Waals surface area (Å²) in [5.74, 6) is -3.51. The van der Waals surface area contributed by atoms with Crippen molar-refractivity contribution in [1.82, 2.24) is 19.9 Å². The summed E-state index contributed by atoms with van der Waals surface area (Å²) in [6.45, 7) is 0. The lowest BCUT2D eigenvalue weighted by molar-refractivity contribution is 0.433. The summed E-state index contributed by atoms with van der Waals surface area (Å²) in [5, 5.41) is 20.8. The maximum absolute atomic E-state index is 12.5. The van der Waals surface area contributed by atoms with Crippen molar-refractivity contribution >= 4 is 35.1 Å². The van der Waals surface area contributed by atoms with Gasteiger partial charge >= 0.3 is 0 Å². The van der Waals surface area contributed by atoms with Gasteiger partial charge in [0.05, 0.1) is 17.0 Å². The highest BCUT2D eigenvalue weighted by Gasteiger charge is 2.32. The van der Waals surface area contributed by atoms with E-state index in [1.807, 2.05) is 0 Å². The standard InChI is InChI=1S/C15H12Cl2N6O4/c16-4-1-2-5(6(17)3-4)7(8-10(24)20-14(18)21-11(8)25)9-12(26)22-15(19)23-13(9)27/h1-3,7H,(H4,18,20,21,24,25)(H4,19,22,23,26,27). The van der Waals surface area contributed by atoms with Gasteiger partial charge in [0.15, 0.2) is 0 Å². The van der Waals surface area contributed by atoms with Crippen LogP contribution in [0, 0.1) is 0 Å². The Bertz CT molecular complexity index is 1090. The minimum absolute atomic E-state index is 0.0683. The molecule has 0 fully saturated rings. The number of H-pyrrole nitrogens is 2. The molecule has 0 atom stereocenters. The van der Waals surface area contributed by atoms with Gasteiger partial charge in [-0.2, -0.15) is 9.97 Å². The van der Waals surface area contributed by atoms with Gasteiger partial charge in [0.25, 0.3) is 11.1 Å². The number of aromatic hydroxyl groups is 2. The van der Waals surface area contributed by atoms with Gasteiger partial charge in [0.2, 0.25) is 23.7 Å². The smallest absolute Gasteiger partial charge is 0.260 e. The van der Waals surface area contributed by atoms with Gasteiger partial charge < -0.3 is 21.7 Å². The van der Waals surface area contributed by atoms with E-state index in [4.69, 9.17) is 34.7 Å². The first-order valence-electron chi connectivity index (χ1n) is 7.31. The van der Waals surface area contributed by atoms with E-state index in [1.54, 1.807) is 0 Å². The van der Waals surface area contributed by atoms with E-state index < -0.39 is 28.8 Å². The lowest BCUT2D eigenvalue weighted by Gasteiger charge is -2.19. The molecule has 1 aromatic carbocycles. The molecule has 0 aliphatic carbocycles. The molecule has 0 amide bonds. The van der Waals surface area contributed by atoms with Crippen molar-refractivity contribution in [2.75, 3.05) is 11.5 Å². The molecule has 8 N–H and O–H groups in total. The highest BCUT2D eigenvalue weighted by Crippen LogP contribution is 2.39. The third-order valence-electron chi connectivity index (χ3n) is 3.76. The molecule has 0 radical (unpaired) electrons.